The monoisotopic (exact) mass is 350 g/mol. The smallest absolute Gasteiger partial charge is 0.365 e. The molecular weight excluding hydrogens is 340 g/mol. The maximum Gasteiger partial charge on any atom is 0.365 e. The second-order valence-corrected chi connectivity index (χ2v) is 6.10. The number of carboxylic acid groups (broad SMARTS) is 1. The Bertz CT molecular complexity index is 807. The van der Waals surface area contributed by atoms with Gasteiger partial charge in [0.15, 0.2) is 0 Å². The van der Waals surface area contributed by atoms with Gasteiger partial charge in [-0.15, -0.1) is 11.3 Å². The maximum absolute atomic E-state index is 10.9. The molecule has 6 heteroatoms. The third-order valence-electron chi connectivity index (χ3n) is 3.21. The number of halogens is 1. The lowest BCUT2D eigenvalue weighted by Crippen LogP contribution is -2.03. The molecule has 2 aromatic heterocycles. The first-order chi connectivity index (χ1) is 9.58. The van der Waals surface area contributed by atoms with Gasteiger partial charge in [-0.25, -0.2) is 9.78 Å². The molecule has 0 aliphatic heterocycles. The Morgan fingerprint density at radius 2 is 2.20 bits per heavy atom. The van der Waals surface area contributed by atoms with E-state index in [0.717, 1.165) is 38.1 Å². The molecule has 0 aliphatic rings. The second-order valence-electron chi connectivity index (χ2n) is 4.45. The second kappa shape index (κ2) is 5.03. The first-order valence-electron chi connectivity index (χ1n) is 5.99. The van der Waals surface area contributed by atoms with Crippen molar-refractivity contribution >= 4 is 44.1 Å². The van der Waals surface area contributed by atoms with Gasteiger partial charge in [0.1, 0.15) is 0 Å². The summed E-state index contributed by atoms with van der Waals surface area (Å²) in [5.74, 6) is -0.975. The molecule has 2 heterocycles. The predicted octanol–water partition coefficient (Wildman–Crippen LogP) is 3.92. The van der Waals surface area contributed by atoms with Gasteiger partial charge < -0.3 is 9.67 Å². The summed E-state index contributed by atoms with van der Waals surface area (Å²) in [5.41, 5.74) is 2.99. The summed E-state index contributed by atoms with van der Waals surface area (Å²) in [5, 5.41) is 12.0. The molecule has 102 valence electrons. The number of aromatic nitrogens is 2. The average molecular weight is 351 g/mol. The van der Waals surface area contributed by atoms with Crippen molar-refractivity contribution in [3.05, 3.63) is 50.5 Å². The molecule has 0 aliphatic carbocycles. The van der Waals surface area contributed by atoms with Crippen molar-refractivity contribution in [2.45, 2.75) is 13.5 Å². The van der Waals surface area contributed by atoms with Crippen LogP contribution in [0.15, 0.2) is 34.1 Å². The summed E-state index contributed by atoms with van der Waals surface area (Å²) < 4.78 is 3.21. The Labute approximate surface area is 127 Å². The molecule has 0 atom stereocenters. The summed E-state index contributed by atoms with van der Waals surface area (Å²) in [4.78, 5) is 15.0. The third kappa shape index (κ3) is 2.14. The third-order valence-corrected chi connectivity index (χ3v) is 5.09. The Morgan fingerprint density at radius 3 is 2.90 bits per heavy atom. The molecule has 1 aromatic carbocycles. The highest BCUT2D eigenvalue weighted by Gasteiger charge is 2.14. The zero-order valence-electron chi connectivity index (χ0n) is 10.6. The molecule has 1 N–H and O–H groups in total. The van der Waals surface area contributed by atoms with Crippen LogP contribution < -0.4 is 0 Å². The van der Waals surface area contributed by atoms with E-state index in [0.29, 0.717) is 6.54 Å². The van der Waals surface area contributed by atoms with Crippen LogP contribution in [0.4, 0.5) is 0 Å². The number of hydrogen-bond acceptors (Lipinski definition) is 3. The van der Waals surface area contributed by atoms with Crippen LogP contribution in [-0.4, -0.2) is 20.6 Å². The van der Waals surface area contributed by atoms with Crippen molar-refractivity contribution < 1.29 is 9.90 Å². The van der Waals surface area contributed by atoms with E-state index < -0.39 is 5.97 Å². The van der Waals surface area contributed by atoms with E-state index in [1.807, 2.05) is 19.1 Å². The summed E-state index contributed by atoms with van der Waals surface area (Å²) in [6.45, 7) is 2.61. The number of carbonyl (C=O) groups is 1. The van der Waals surface area contributed by atoms with Crippen LogP contribution in [-0.2, 0) is 6.54 Å². The summed E-state index contributed by atoms with van der Waals surface area (Å²) in [6.07, 6.45) is 0. The number of fused-ring (bicyclic) bond motifs is 1. The van der Waals surface area contributed by atoms with Crippen LogP contribution >= 0.6 is 27.3 Å². The number of carboxylic acids is 1. The number of aromatic carboxylic acids is 1. The van der Waals surface area contributed by atoms with Crippen LogP contribution in [0.3, 0.4) is 0 Å². The average Bonchev–Trinajstić information content (AvgIpc) is 3.00. The van der Waals surface area contributed by atoms with Gasteiger partial charge >= 0.3 is 5.97 Å². The number of benzene rings is 1. The minimum absolute atomic E-state index is 0.133. The van der Waals surface area contributed by atoms with E-state index in [-0.39, 0.29) is 5.01 Å². The van der Waals surface area contributed by atoms with Gasteiger partial charge in [-0.2, -0.15) is 0 Å². The Hall–Kier alpha value is -1.66. The highest BCUT2D eigenvalue weighted by Crippen LogP contribution is 2.31. The zero-order chi connectivity index (χ0) is 14.3. The van der Waals surface area contributed by atoms with E-state index >= 15 is 0 Å². The van der Waals surface area contributed by atoms with Crippen molar-refractivity contribution in [1.29, 1.82) is 0 Å². The lowest BCUT2D eigenvalue weighted by molar-refractivity contribution is 0.0696. The molecule has 3 aromatic rings. The van der Waals surface area contributed by atoms with E-state index in [1.165, 1.54) is 0 Å². The van der Waals surface area contributed by atoms with Crippen LogP contribution in [0.25, 0.3) is 10.9 Å². The fourth-order valence-corrected chi connectivity index (χ4v) is 3.43. The first kappa shape index (κ1) is 13.3. The molecule has 0 bridgehead atoms. The zero-order valence-corrected chi connectivity index (χ0v) is 13.0. The van der Waals surface area contributed by atoms with Crippen molar-refractivity contribution in [2.24, 2.45) is 0 Å². The van der Waals surface area contributed by atoms with Gasteiger partial charge in [0.2, 0.25) is 5.01 Å². The molecule has 0 fully saturated rings. The number of hydrogen-bond donors (Lipinski definition) is 1. The molecule has 20 heavy (non-hydrogen) atoms. The number of para-hydroxylation sites is 1. The Morgan fingerprint density at radius 1 is 1.45 bits per heavy atom. The lowest BCUT2D eigenvalue weighted by Gasteiger charge is -2.05. The highest BCUT2D eigenvalue weighted by atomic mass is 79.9. The molecular formula is C14H11BrN2O2S. The van der Waals surface area contributed by atoms with Crippen LogP contribution in [0.2, 0.25) is 0 Å². The quantitative estimate of drug-likeness (QED) is 0.778. The van der Waals surface area contributed by atoms with Gasteiger partial charge in [-0.05, 0) is 28.9 Å². The standard InChI is InChI=1S/C14H11BrN2O2S/c1-8-12(15)10-4-2-3-5-11(10)17(8)6-9-7-20-13(16-9)14(18)19/h2-5,7H,6H2,1H3,(H,18,19). The first-order valence-corrected chi connectivity index (χ1v) is 7.66. The van der Waals surface area contributed by atoms with Crippen molar-refractivity contribution in [3.63, 3.8) is 0 Å². The predicted molar refractivity (Wildman–Crippen MR) is 82.6 cm³/mol. The van der Waals surface area contributed by atoms with Crippen LogP contribution in [0.1, 0.15) is 21.2 Å². The molecule has 3 rings (SSSR count). The van der Waals surface area contributed by atoms with Crippen LogP contribution in [0, 0.1) is 6.92 Å². The molecule has 4 nitrogen and oxygen atoms in total. The molecule has 0 unspecified atom stereocenters. The molecule has 0 amide bonds. The van der Waals surface area contributed by atoms with Gasteiger partial charge in [-0.1, -0.05) is 18.2 Å². The molecule has 0 radical (unpaired) electrons. The lowest BCUT2D eigenvalue weighted by atomic mass is 10.2. The van der Waals surface area contributed by atoms with E-state index in [2.05, 4.69) is 37.6 Å². The summed E-state index contributed by atoms with van der Waals surface area (Å²) >= 11 is 4.77. The van der Waals surface area contributed by atoms with Crippen molar-refractivity contribution in [2.75, 3.05) is 0 Å². The van der Waals surface area contributed by atoms with Crippen molar-refractivity contribution in [3.8, 4) is 0 Å². The fraction of sp³-hybridized carbons (Fsp3) is 0.143. The van der Waals surface area contributed by atoms with Gasteiger partial charge in [0.05, 0.1) is 12.2 Å². The van der Waals surface area contributed by atoms with Gasteiger partial charge in [-0.3, -0.25) is 0 Å². The fourth-order valence-electron chi connectivity index (χ4n) is 2.23. The van der Waals surface area contributed by atoms with E-state index in [4.69, 9.17) is 5.11 Å². The normalized spacial score (nSPS) is 11.1. The minimum atomic E-state index is -0.975. The van der Waals surface area contributed by atoms with E-state index in [9.17, 15) is 4.79 Å². The molecule has 0 saturated heterocycles. The summed E-state index contributed by atoms with van der Waals surface area (Å²) in [6, 6.07) is 8.11. The van der Waals surface area contributed by atoms with E-state index in [1.54, 1.807) is 5.38 Å². The van der Waals surface area contributed by atoms with Crippen LogP contribution in [0.5, 0.6) is 0 Å². The SMILES string of the molecule is Cc1c(Br)c2ccccc2n1Cc1csc(C(=O)O)n1. The number of nitrogens with zero attached hydrogens (tertiary/aromatic N) is 2. The maximum atomic E-state index is 10.9. The highest BCUT2D eigenvalue weighted by molar-refractivity contribution is 9.10. The minimum Gasteiger partial charge on any atom is -0.476 e. The molecule has 0 spiro atoms. The summed E-state index contributed by atoms with van der Waals surface area (Å²) in [7, 11) is 0. The number of rotatable bonds is 3. The number of thiazole rings is 1. The van der Waals surface area contributed by atoms with Crippen molar-refractivity contribution in [1.82, 2.24) is 9.55 Å². The Kier molecular flexibility index (Phi) is 3.35. The molecule has 0 saturated carbocycles. The largest absolute Gasteiger partial charge is 0.476 e. The Balaban J connectivity index is 2.06. The van der Waals surface area contributed by atoms with Gasteiger partial charge in [0, 0.05) is 26.4 Å². The van der Waals surface area contributed by atoms with Gasteiger partial charge in [0.25, 0.3) is 0 Å². The topological polar surface area (TPSA) is 55.1 Å².